The molecule has 0 unspecified atom stereocenters. The molecule has 0 saturated heterocycles. The Kier molecular flexibility index (Phi) is 3.40. The highest BCUT2D eigenvalue weighted by Gasteiger charge is 2.14. The highest BCUT2D eigenvalue weighted by molar-refractivity contribution is 7.98. The number of fused-ring (bicyclic) bond motifs is 1. The Morgan fingerprint density at radius 3 is 2.53 bits per heavy atom. The van der Waals surface area contributed by atoms with Crippen molar-refractivity contribution in [1.29, 1.82) is 0 Å². The quantitative estimate of drug-likeness (QED) is 0.404. The van der Waals surface area contributed by atoms with Gasteiger partial charge in [-0.1, -0.05) is 35.5 Å². The van der Waals surface area contributed by atoms with Gasteiger partial charge in [0.1, 0.15) is 11.2 Å². The van der Waals surface area contributed by atoms with Crippen LogP contribution in [0.25, 0.3) is 16.6 Å². The smallest absolute Gasteiger partial charge is 0.195 e. The number of para-hydroxylation sites is 1. The van der Waals surface area contributed by atoms with E-state index in [0.29, 0.717) is 0 Å². The predicted molar refractivity (Wildman–Crippen MR) is 80.1 cm³/mol. The van der Waals surface area contributed by atoms with Crippen molar-refractivity contribution in [2.45, 2.75) is 5.03 Å². The Bertz CT molecular complexity index is 726. The van der Waals surface area contributed by atoms with E-state index in [-0.39, 0.29) is 0 Å². The maximum Gasteiger partial charge on any atom is 0.293 e. The number of halogens is 1. The van der Waals surface area contributed by atoms with Gasteiger partial charge in [0.2, 0.25) is 5.03 Å². The molecular formula is C15H12ClN2S+. The van der Waals surface area contributed by atoms with E-state index in [1.165, 1.54) is 0 Å². The van der Waals surface area contributed by atoms with Crippen LogP contribution in [0.15, 0.2) is 59.9 Å². The van der Waals surface area contributed by atoms with Crippen LogP contribution in [0.1, 0.15) is 0 Å². The summed E-state index contributed by atoms with van der Waals surface area (Å²) in [6.45, 7) is 0. The topological polar surface area (TPSA) is 16.8 Å². The van der Waals surface area contributed by atoms with Crippen molar-refractivity contribution in [2.24, 2.45) is 0 Å². The number of hydrogen-bond acceptors (Lipinski definition) is 2. The Morgan fingerprint density at radius 1 is 1.05 bits per heavy atom. The second kappa shape index (κ2) is 5.19. The lowest BCUT2D eigenvalue weighted by Crippen LogP contribution is -2.32. The third-order valence-electron chi connectivity index (χ3n) is 2.98. The summed E-state index contributed by atoms with van der Waals surface area (Å²) in [5.41, 5.74) is 2.20. The van der Waals surface area contributed by atoms with Crippen LogP contribution in [0.3, 0.4) is 0 Å². The lowest BCUT2D eigenvalue weighted by Gasteiger charge is -2.04. The number of hydrogen-bond donors (Lipinski definition) is 0. The number of benzene rings is 2. The molecule has 19 heavy (non-hydrogen) atoms. The maximum absolute atomic E-state index is 5.94. The normalized spacial score (nSPS) is 10.8. The number of nitrogens with zero attached hydrogens (tertiary/aromatic N) is 2. The van der Waals surface area contributed by atoms with E-state index in [1.807, 2.05) is 49.0 Å². The molecule has 0 amide bonds. The van der Waals surface area contributed by atoms with Crippen LogP contribution in [0.5, 0.6) is 0 Å². The van der Waals surface area contributed by atoms with Gasteiger partial charge in [0, 0.05) is 5.02 Å². The van der Waals surface area contributed by atoms with E-state index in [2.05, 4.69) is 21.7 Å². The zero-order valence-corrected chi connectivity index (χ0v) is 11.9. The molecule has 0 saturated carbocycles. The molecule has 0 aliphatic heterocycles. The first-order valence-electron chi connectivity index (χ1n) is 5.89. The molecule has 1 heterocycles. The Hall–Kier alpha value is -1.58. The van der Waals surface area contributed by atoms with Gasteiger partial charge in [-0.2, -0.15) is 4.57 Å². The van der Waals surface area contributed by atoms with Gasteiger partial charge in [0.25, 0.3) is 6.33 Å². The largest absolute Gasteiger partial charge is 0.293 e. The first-order valence-corrected chi connectivity index (χ1v) is 7.49. The SMILES string of the molecule is CSc1nc[n+](-c2ccc(Cl)cc2)c2ccccc12. The van der Waals surface area contributed by atoms with Crippen LogP contribution in [0.2, 0.25) is 5.02 Å². The van der Waals surface area contributed by atoms with Crippen molar-refractivity contribution in [3.05, 3.63) is 59.9 Å². The van der Waals surface area contributed by atoms with E-state index >= 15 is 0 Å². The Morgan fingerprint density at radius 2 is 1.79 bits per heavy atom. The van der Waals surface area contributed by atoms with Crippen LogP contribution < -0.4 is 4.57 Å². The van der Waals surface area contributed by atoms with E-state index in [0.717, 1.165) is 26.6 Å². The number of thioether (sulfide) groups is 1. The highest BCUT2D eigenvalue weighted by Crippen LogP contribution is 2.22. The van der Waals surface area contributed by atoms with Gasteiger partial charge in [-0.25, -0.2) is 0 Å². The van der Waals surface area contributed by atoms with Gasteiger partial charge < -0.3 is 0 Å². The average molecular weight is 288 g/mol. The van der Waals surface area contributed by atoms with Gasteiger partial charge in [-0.05, 0) is 47.6 Å². The fourth-order valence-corrected chi connectivity index (χ4v) is 2.75. The lowest BCUT2D eigenvalue weighted by molar-refractivity contribution is -0.571. The molecule has 0 aliphatic carbocycles. The zero-order chi connectivity index (χ0) is 13.2. The molecule has 94 valence electrons. The molecule has 4 heteroatoms. The third kappa shape index (κ3) is 2.31. The average Bonchev–Trinajstić information content (AvgIpc) is 2.47. The molecule has 0 spiro atoms. The van der Waals surface area contributed by atoms with Crippen LogP contribution >= 0.6 is 23.4 Å². The van der Waals surface area contributed by atoms with E-state index < -0.39 is 0 Å². The molecular weight excluding hydrogens is 276 g/mol. The molecule has 0 radical (unpaired) electrons. The summed E-state index contributed by atoms with van der Waals surface area (Å²) in [6.07, 6.45) is 3.90. The zero-order valence-electron chi connectivity index (χ0n) is 10.4. The minimum atomic E-state index is 0.738. The molecule has 0 fully saturated rings. The van der Waals surface area contributed by atoms with Crippen LogP contribution in [0, 0.1) is 0 Å². The number of rotatable bonds is 2. The summed E-state index contributed by atoms with van der Waals surface area (Å²) < 4.78 is 2.07. The van der Waals surface area contributed by atoms with Crippen LogP contribution in [-0.2, 0) is 0 Å². The van der Waals surface area contributed by atoms with Gasteiger partial charge in [0.05, 0.1) is 5.39 Å². The molecule has 2 aromatic carbocycles. The van der Waals surface area contributed by atoms with E-state index in [4.69, 9.17) is 11.6 Å². The fraction of sp³-hybridized carbons (Fsp3) is 0.0667. The van der Waals surface area contributed by atoms with Gasteiger partial charge >= 0.3 is 0 Å². The summed E-state index contributed by atoms with van der Waals surface area (Å²) in [5, 5.41) is 2.94. The summed E-state index contributed by atoms with van der Waals surface area (Å²) in [7, 11) is 0. The van der Waals surface area contributed by atoms with Crippen LogP contribution in [-0.4, -0.2) is 11.2 Å². The molecule has 0 aliphatic rings. The number of aromatic nitrogens is 2. The van der Waals surface area contributed by atoms with Crippen molar-refractivity contribution in [1.82, 2.24) is 4.98 Å². The highest BCUT2D eigenvalue weighted by atomic mass is 35.5. The molecule has 3 aromatic rings. The van der Waals surface area contributed by atoms with Crippen molar-refractivity contribution in [3.63, 3.8) is 0 Å². The Balaban J connectivity index is 2.27. The van der Waals surface area contributed by atoms with Crippen molar-refractivity contribution >= 4 is 34.3 Å². The maximum atomic E-state index is 5.94. The van der Waals surface area contributed by atoms with Crippen molar-refractivity contribution in [2.75, 3.05) is 6.26 Å². The monoisotopic (exact) mass is 287 g/mol. The minimum Gasteiger partial charge on any atom is -0.195 e. The van der Waals surface area contributed by atoms with Gasteiger partial charge in [0.15, 0.2) is 0 Å². The molecule has 2 nitrogen and oxygen atoms in total. The van der Waals surface area contributed by atoms with Crippen molar-refractivity contribution < 1.29 is 4.57 Å². The van der Waals surface area contributed by atoms with Crippen molar-refractivity contribution in [3.8, 4) is 5.69 Å². The molecule has 0 atom stereocenters. The first kappa shape index (κ1) is 12.5. The molecule has 0 N–H and O–H groups in total. The lowest BCUT2D eigenvalue weighted by atomic mass is 10.2. The summed E-state index contributed by atoms with van der Waals surface area (Å²) in [4.78, 5) is 4.52. The summed E-state index contributed by atoms with van der Waals surface area (Å²) >= 11 is 7.60. The summed E-state index contributed by atoms with van der Waals surface area (Å²) in [5.74, 6) is 0. The Labute approximate surface area is 121 Å². The first-order chi connectivity index (χ1) is 9.29. The molecule has 1 aromatic heterocycles. The second-order valence-corrected chi connectivity index (χ2v) is 5.35. The standard InChI is InChI=1S/C15H12ClN2S/c1-19-15-13-4-2-3-5-14(13)18(10-17-15)12-8-6-11(16)7-9-12/h2-10H,1H3/q+1. The summed E-state index contributed by atoms with van der Waals surface area (Å²) in [6, 6.07) is 16.0. The fourth-order valence-electron chi connectivity index (χ4n) is 2.08. The van der Waals surface area contributed by atoms with Gasteiger partial charge in [-0.15, -0.1) is 0 Å². The third-order valence-corrected chi connectivity index (χ3v) is 3.95. The predicted octanol–water partition coefficient (Wildman–Crippen LogP) is 3.89. The second-order valence-electron chi connectivity index (χ2n) is 4.12. The van der Waals surface area contributed by atoms with E-state index in [1.54, 1.807) is 11.8 Å². The van der Waals surface area contributed by atoms with E-state index in [9.17, 15) is 0 Å². The van der Waals surface area contributed by atoms with Gasteiger partial charge in [-0.3, -0.25) is 0 Å². The minimum absolute atomic E-state index is 0.738. The molecule has 0 bridgehead atoms. The van der Waals surface area contributed by atoms with Crippen LogP contribution in [0.4, 0.5) is 0 Å². The molecule has 3 rings (SSSR count).